The lowest BCUT2D eigenvalue weighted by Crippen LogP contribution is -2.43. The number of aliphatic hydroxyl groups is 1. The average Bonchev–Trinajstić information content (AvgIpc) is 3.12. The van der Waals surface area contributed by atoms with Crippen molar-refractivity contribution in [3.8, 4) is 0 Å². The number of aliphatic hydroxyl groups excluding tert-OH is 1. The van der Waals surface area contributed by atoms with E-state index in [9.17, 15) is 19.5 Å². The maximum absolute atomic E-state index is 13.9. The van der Waals surface area contributed by atoms with Crippen molar-refractivity contribution in [1.82, 2.24) is 19.6 Å². The van der Waals surface area contributed by atoms with Gasteiger partial charge in [0, 0.05) is 85.4 Å². The molecule has 10 heteroatoms. The summed E-state index contributed by atoms with van der Waals surface area (Å²) < 4.78 is 10.9. The minimum Gasteiger partial charge on any atom is -0.379 e. The summed E-state index contributed by atoms with van der Waals surface area (Å²) in [5, 5.41) is 18.6. The van der Waals surface area contributed by atoms with Crippen LogP contribution in [0.15, 0.2) is 48.5 Å². The molecule has 3 amide bonds. The summed E-state index contributed by atoms with van der Waals surface area (Å²) in [6, 6.07) is 15.5. The summed E-state index contributed by atoms with van der Waals surface area (Å²) in [4.78, 5) is 49.3. The molecular formula is C38H38N4O6. The first-order chi connectivity index (χ1) is 23.5. The molecule has 4 aliphatic heterocycles. The highest BCUT2D eigenvalue weighted by Gasteiger charge is 2.36. The maximum Gasteiger partial charge on any atom is 0.261 e. The zero-order valence-electron chi connectivity index (χ0n) is 26.9. The van der Waals surface area contributed by atoms with E-state index < -0.39 is 6.23 Å². The Balaban J connectivity index is 1.08. The van der Waals surface area contributed by atoms with Gasteiger partial charge in [-0.2, -0.15) is 0 Å². The van der Waals surface area contributed by atoms with Crippen LogP contribution < -0.4 is 0 Å². The molecule has 48 heavy (non-hydrogen) atoms. The Kier molecular flexibility index (Phi) is 7.32. The molecule has 246 valence electrons. The van der Waals surface area contributed by atoms with Crippen LogP contribution in [0.2, 0.25) is 0 Å². The second-order valence-corrected chi connectivity index (χ2v) is 13.4. The van der Waals surface area contributed by atoms with Gasteiger partial charge in [0.05, 0.1) is 26.4 Å². The van der Waals surface area contributed by atoms with E-state index in [1.54, 1.807) is 4.90 Å². The molecule has 9 rings (SSSR count). The van der Waals surface area contributed by atoms with Crippen LogP contribution in [0.3, 0.4) is 0 Å². The third-order valence-corrected chi connectivity index (χ3v) is 10.9. The number of imide groups is 1. The van der Waals surface area contributed by atoms with E-state index in [2.05, 4.69) is 9.80 Å². The lowest BCUT2D eigenvalue weighted by molar-refractivity contribution is 0.000217. The fourth-order valence-corrected chi connectivity index (χ4v) is 8.48. The molecule has 1 atom stereocenters. The van der Waals surface area contributed by atoms with Crippen LogP contribution in [0.25, 0.3) is 43.1 Å². The summed E-state index contributed by atoms with van der Waals surface area (Å²) in [6.45, 7) is 8.89. The number of hydrogen-bond acceptors (Lipinski definition) is 8. The zero-order chi connectivity index (χ0) is 32.5. The highest BCUT2D eigenvalue weighted by molar-refractivity contribution is 6.39. The molecule has 5 aromatic carbocycles. The van der Waals surface area contributed by atoms with Crippen LogP contribution in [0, 0.1) is 0 Å². The molecule has 4 aliphatic rings. The van der Waals surface area contributed by atoms with Crippen molar-refractivity contribution >= 4 is 60.8 Å². The molecule has 0 bridgehead atoms. The molecule has 4 heterocycles. The molecule has 1 unspecified atom stereocenters. The number of amides is 3. The summed E-state index contributed by atoms with van der Waals surface area (Å²) >= 11 is 0. The number of ether oxygens (including phenoxy) is 2. The monoisotopic (exact) mass is 646 g/mol. The smallest absolute Gasteiger partial charge is 0.261 e. The van der Waals surface area contributed by atoms with Gasteiger partial charge in [0.1, 0.15) is 0 Å². The van der Waals surface area contributed by atoms with E-state index >= 15 is 0 Å². The first-order valence-corrected chi connectivity index (χ1v) is 17.2. The molecule has 1 N–H and O–H groups in total. The van der Waals surface area contributed by atoms with E-state index in [0.717, 1.165) is 102 Å². The number of benzene rings is 5. The second kappa shape index (κ2) is 11.7. The fourth-order valence-electron chi connectivity index (χ4n) is 8.48. The van der Waals surface area contributed by atoms with Crippen LogP contribution in [0.1, 0.15) is 55.7 Å². The Bertz CT molecular complexity index is 2050. The second-order valence-electron chi connectivity index (χ2n) is 13.4. The lowest BCUT2D eigenvalue weighted by Gasteiger charge is -2.35. The van der Waals surface area contributed by atoms with Gasteiger partial charge in [-0.15, -0.1) is 0 Å². The predicted molar refractivity (Wildman–Crippen MR) is 183 cm³/mol. The number of morpholine rings is 2. The number of rotatable bonds is 8. The molecule has 2 saturated heterocycles. The van der Waals surface area contributed by atoms with Crippen LogP contribution in [-0.4, -0.2) is 121 Å². The van der Waals surface area contributed by atoms with Crippen LogP contribution >= 0.6 is 0 Å². The molecule has 0 saturated carbocycles. The van der Waals surface area contributed by atoms with Crippen molar-refractivity contribution in [1.29, 1.82) is 0 Å². The maximum atomic E-state index is 13.9. The quantitative estimate of drug-likeness (QED) is 0.152. The Hall–Kier alpha value is -4.19. The Labute approximate surface area is 277 Å². The SMILES string of the molecule is O=C1c2ccc3c4ccc5c6c(ccc(c7ccc(c2c37)C(=O)N1CCCN1CCOCC1)c64)C(O)N(CCCN1CCOCC1)C5=O. The third-order valence-electron chi connectivity index (χ3n) is 10.9. The lowest BCUT2D eigenvalue weighted by atomic mass is 9.82. The average molecular weight is 647 g/mol. The molecule has 0 radical (unpaired) electrons. The van der Waals surface area contributed by atoms with Crippen molar-refractivity contribution in [2.45, 2.75) is 19.1 Å². The minimum atomic E-state index is -1.04. The highest BCUT2D eigenvalue weighted by Crippen LogP contribution is 2.47. The molecule has 10 nitrogen and oxygen atoms in total. The summed E-state index contributed by atoms with van der Waals surface area (Å²) in [5.74, 6) is -0.671. The van der Waals surface area contributed by atoms with Gasteiger partial charge in [-0.3, -0.25) is 29.1 Å². The van der Waals surface area contributed by atoms with Gasteiger partial charge in [0.25, 0.3) is 17.7 Å². The summed E-state index contributed by atoms with van der Waals surface area (Å²) in [5.41, 5.74) is 2.41. The van der Waals surface area contributed by atoms with Gasteiger partial charge in [-0.1, -0.05) is 30.3 Å². The highest BCUT2D eigenvalue weighted by atomic mass is 16.5. The molecule has 5 aromatic rings. The molecule has 0 spiro atoms. The number of hydrogen-bond donors (Lipinski definition) is 1. The van der Waals surface area contributed by atoms with Crippen molar-refractivity contribution in [3.63, 3.8) is 0 Å². The van der Waals surface area contributed by atoms with E-state index in [-0.39, 0.29) is 17.7 Å². The van der Waals surface area contributed by atoms with E-state index in [1.807, 2.05) is 48.5 Å². The molecule has 0 aliphatic carbocycles. The molecular weight excluding hydrogens is 608 g/mol. The predicted octanol–water partition coefficient (Wildman–Crippen LogP) is 4.22. The van der Waals surface area contributed by atoms with Gasteiger partial charge in [-0.25, -0.2) is 0 Å². The van der Waals surface area contributed by atoms with E-state index in [4.69, 9.17) is 9.47 Å². The van der Waals surface area contributed by atoms with Crippen molar-refractivity contribution in [2.75, 3.05) is 78.8 Å². The first kappa shape index (κ1) is 29.9. The standard InChI is InChI=1S/C38H38N4O6/c43-35-27-7-3-23-25-5-9-29-34-30(38(46)42(37(29)45)14-2-12-40-17-21-48-22-18-40)10-6-26(32(25)34)24-4-8-28(33(27)31(23)24)36(44)41(35)13-1-11-39-15-19-47-20-16-39/h3-10,35,43H,1-2,11-22H2. The van der Waals surface area contributed by atoms with Crippen LogP contribution in [0.5, 0.6) is 0 Å². The first-order valence-electron chi connectivity index (χ1n) is 17.2. The minimum absolute atomic E-state index is 0.165. The fraction of sp³-hybridized carbons (Fsp3) is 0.395. The van der Waals surface area contributed by atoms with Crippen molar-refractivity contribution in [3.05, 3.63) is 70.8 Å². The number of carbonyl (C=O) groups is 3. The Morgan fingerprint density at radius 3 is 1.54 bits per heavy atom. The van der Waals surface area contributed by atoms with Crippen LogP contribution in [0.4, 0.5) is 0 Å². The van der Waals surface area contributed by atoms with Gasteiger partial charge < -0.3 is 19.5 Å². The Morgan fingerprint density at radius 2 is 1.00 bits per heavy atom. The summed E-state index contributed by atoms with van der Waals surface area (Å²) in [6.07, 6.45) is 0.433. The van der Waals surface area contributed by atoms with Crippen molar-refractivity contribution < 1.29 is 29.0 Å². The molecule has 2 fully saturated rings. The van der Waals surface area contributed by atoms with Gasteiger partial charge in [0.2, 0.25) is 0 Å². The van der Waals surface area contributed by atoms with Gasteiger partial charge >= 0.3 is 0 Å². The number of carbonyl (C=O) groups excluding carboxylic acids is 3. The summed E-state index contributed by atoms with van der Waals surface area (Å²) in [7, 11) is 0. The van der Waals surface area contributed by atoms with Gasteiger partial charge in [0.15, 0.2) is 6.23 Å². The Morgan fingerprint density at radius 1 is 0.542 bits per heavy atom. The molecule has 0 aromatic heterocycles. The topological polar surface area (TPSA) is 103 Å². The largest absolute Gasteiger partial charge is 0.379 e. The number of nitrogens with zero attached hydrogens (tertiary/aromatic N) is 4. The third kappa shape index (κ3) is 4.54. The van der Waals surface area contributed by atoms with E-state index in [0.29, 0.717) is 54.8 Å². The normalized spacial score (nSPS) is 20.8. The van der Waals surface area contributed by atoms with Crippen molar-refractivity contribution in [2.24, 2.45) is 0 Å². The van der Waals surface area contributed by atoms with Crippen LogP contribution in [-0.2, 0) is 9.47 Å². The van der Waals surface area contributed by atoms with E-state index in [1.165, 1.54) is 4.90 Å². The zero-order valence-corrected chi connectivity index (χ0v) is 26.9. The number of fused-ring (bicyclic) bond motifs is 2. The van der Waals surface area contributed by atoms with Gasteiger partial charge in [-0.05, 0) is 63.4 Å².